The molecule has 0 aliphatic carbocycles. The number of thiophene rings is 1. The number of hydrogen-bond donors (Lipinski definition) is 2. The van der Waals surface area contributed by atoms with E-state index in [1.807, 2.05) is 12.1 Å². The molecule has 0 radical (unpaired) electrons. The topological polar surface area (TPSA) is 87.7 Å². The number of amides is 1. The van der Waals surface area contributed by atoms with Gasteiger partial charge in [0.25, 0.3) is 0 Å². The molecule has 1 amide bonds. The Labute approximate surface area is 180 Å². The zero-order valence-electron chi connectivity index (χ0n) is 16.1. The smallest absolute Gasteiger partial charge is 0.229 e. The molecule has 1 aliphatic rings. The summed E-state index contributed by atoms with van der Waals surface area (Å²) in [5, 5.41) is 2.91. The summed E-state index contributed by atoms with van der Waals surface area (Å²) in [6.07, 6.45) is 1.19. The first-order valence-electron chi connectivity index (χ1n) is 9.18. The lowest BCUT2D eigenvalue weighted by molar-refractivity contribution is -0.121. The molecule has 1 aromatic heterocycles. The number of carbonyl (C=O) groups excluding carboxylic acids is 1. The molecule has 1 fully saturated rings. The van der Waals surface area contributed by atoms with Crippen molar-refractivity contribution in [1.29, 1.82) is 0 Å². The molecule has 1 unspecified atom stereocenters. The highest BCUT2D eigenvalue weighted by Crippen LogP contribution is 2.23. The molecular weight excluding hydrogens is 434 g/mol. The van der Waals surface area contributed by atoms with Crippen LogP contribution in [0.2, 0.25) is 4.34 Å². The van der Waals surface area contributed by atoms with Gasteiger partial charge in [-0.25, -0.2) is 8.42 Å². The molecule has 29 heavy (non-hydrogen) atoms. The lowest BCUT2D eigenvalue weighted by atomic mass is 10.1. The Hall–Kier alpha value is -1.65. The van der Waals surface area contributed by atoms with Crippen LogP contribution in [-0.2, 0) is 32.5 Å². The highest BCUT2D eigenvalue weighted by Gasteiger charge is 2.21. The van der Waals surface area contributed by atoms with Gasteiger partial charge >= 0.3 is 0 Å². The second-order valence-corrected chi connectivity index (χ2v) is 10.5. The van der Waals surface area contributed by atoms with Crippen molar-refractivity contribution in [3.8, 4) is 0 Å². The van der Waals surface area contributed by atoms with Gasteiger partial charge < -0.3 is 10.1 Å². The van der Waals surface area contributed by atoms with E-state index in [1.54, 1.807) is 35.6 Å². The lowest BCUT2D eigenvalue weighted by Gasteiger charge is -2.32. The normalized spacial score (nSPS) is 17.8. The van der Waals surface area contributed by atoms with Gasteiger partial charge in [-0.2, -0.15) is 0 Å². The first kappa shape index (κ1) is 22.0. The zero-order valence-corrected chi connectivity index (χ0v) is 18.4. The van der Waals surface area contributed by atoms with Gasteiger partial charge in [0.2, 0.25) is 15.9 Å². The predicted molar refractivity (Wildman–Crippen MR) is 116 cm³/mol. The van der Waals surface area contributed by atoms with Crippen molar-refractivity contribution in [2.24, 2.45) is 0 Å². The third-order valence-corrected chi connectivity index (χ3v) is 6.18. The van der Waals surface area contributed by atoms with Crippen molar-refractivity contribution >= 4 is 44.6 Å². The number of anilines is 1. The third-order valence-electron chi connectivity index (χ3n) is 4.35. The van der Waals surface area contributed by atoms with Crippen LogP contribution in [0, 0.1) is 0 Å². The van der Waals surface area contributed by atoms with E-state index in [-0.39, 0.29) is 18.4 Å². The molecule has 2 N–H and O–H groups in total. The molecule has 0 bridgehead atoms. The summed E-state index contributed by atoms with van der Waals surface area (Å²) in [5.41, 5.74) is 1.18. The van der Waals surface area contributed by atoms with Crippen molar-refractivity contribution in [3.05, 3.63) is 51.2 Å². The van der Waals surface area contributed by atoms with Crippen LogP contribution >= 0.6 is 22.9 Å². The van der Waals surface area contributed by atoms with Crippen molar-refractivity contribution in [3.63, 3.8) is 0 Å². The molecule has 3 rings (SSSR count). The van der Waals surface area contributed by atoms with E-state index in [0.717, 1.165) is 35.8 Å². The lowest BCUT2D eigenvalue weighted by Crippen LogP contribution is -2.47. The van der Waals surface area contributed by atoms with Crippen LogP contribution in [0.25, 0.3) is 0 Å². The number of nitrogens with zero attached hydrogens (tertiary/aromatic N) is 1. The van der Waals surface area contributed by atoms with Gasteiger partial charge in [0.15, 0.2) is 0 Å². The summed E-state index contributed by atoms with van der Waals surface area (Å²) < 4.78 is 31.6. The van der Waals surface area contributed by atoms with Crippen molar-refractivity contribution < 1.29 is 17.9 Å². The van der Waals surface area contributed by atoms with Crippen LogP contribution in [-0.4, -0.2) is 57.8 Å². The fourth-order valence-electron chi connectivity index (χ4n) is 3.14. The molecule has 1 atom stereocenters. The molecule has 158 valence electrons. The minimum Gasteiger partial charge on any atom is -0.374 e. The molecule has 10 heteroatoms. The number of benzene rings is 1. The minimum atomic E-state index is -3.35. The van der Waals surface area contributed by atoms with Gasteiger partial charge in [-0.1, -0.05) is 23.7 Å². The van der Waals surface area contributed by atoms with Gasteiger partial charge in [0.05, 0.1) is 29.7 Å². The molecule has 2 heterocycles. The Morgan fingerprint density at radius 1 is 1.34 bits per heavy atom. The van der Waals surface area contributed by atoms with Crippen LogP contribution in [0.1, 0.15) is 10.4 Å². The van der Waals surface area contributed by atoms with Crippen molar-refractivity contribution in [1.82, 2.24) is 10.2 Å². The van der Waals surface area contributed by atoms with Crippen LogP contribution in [0.15, 0.2) is 36.4 Å². The van der Waals surface area contributed by atoms with E-state index in [2.05, 4.69) is 14.9 Å². The molecule has 1 aromatic carbocycles. The van der Waals surface area contributed by atoms with Gasteiger partial charge in [-0.3, -0.25) is 14.4 Å². The van der Waals surface area contributed by atoms with Crippen LogP contribution < -0.4 is 10.0 Å². The highest BCUT2D eigenvalue weighted by atomic mass is 35.5. The first-order valence-corrected chi connectivity index (χ1v) is 12.3. The number of rotatable bonds is 8. The second-order valence-electron chi connectivity index (χ2n) is 6.99. The number of carbonyl (C=O) groups is 1. The quantitative estimate of drug-likeness (QED) is 0.635. The van der Waals surface area contributed by atoms with Crippen molar-refractivity contribution in [2.75, 3.05) is 37.2 Å². The summed E-state index contributed by atoms with van der Waals surface area (Å²) in [5.74, 6) is -0.132. The fraction of sp³-hybridized carbons (Fsp3) is 0.421. The number of morpholine rings is 1. The number of nitrogens with one attached hydrogen (secondary N) is 2. The number of ether oxygens (including phenoxy) is 1. The number of hydrogen-bond acceptors (Lipinski definition) is 6. The fourth-order valence-corrected chi connectivity index (χ4v) is 4.82. The number of halogens is 1. The maximum Gasteiger partial charge on any atom is 0.229 e. The molecule has 2 aromatic rings. The maximum atomic E-state index is 12.3. The molecule has 0 spiro atoms. The van der Waals surface area contributed by atoms with Crippen LogP contribution in [0.3, 0.4) is 0 Å². The molecular formula is C19H24ClN3O4S2. The summed E-state index contributed by atoms with van der Waals surface area (Å²) in [7, 11) is -3.35. The SMILES string of the molecule is CS(=O)(=O)Nc1cccc(CC(=O)NCC2CN(Cc3ccc(Cl)s3)CCO2)c1. The largest absolute Gasteiger partial charge is 0.374 e. The summed E-state index contributed by atoms with van der Waals surface area (Å²) >= 11 is 7.57. The summed E-state index contributed by atoms with van der Waals surface area (Å²) in [6, 6.07) is 10.7. The Bertz CT molecular complexity index is 948. The van der Waals surface area contributed by atoms with Gasteiger partial charge in [0.1, 0.15) is 0 Å². The molecule has 1 aliphatic heterocycles. The average Bonchev–Trinajstić information content (AvgIpc) is 3.04. The van der Waals surface area contributed by atoms with Crippen LogP contribution in [0.5, 0.6) is 0 Å². The third kappa shape index (κ3) is 7.60. The van der Waals surface area contributed by atoms with Crippen molar-refractivity contribution in [2.45, 2.75) is 19.1 Å². The first-order chi connectivity index (χ1) is 13.8. The molecule has 7 nitrogen and oxygen atoms in total. The minimum absolute atomic E-state index is 0.0682. The second kappa shape index (κ2) is 9.90. The Morgan fingerprint density at radius 2 is 2.17 bits per heavy atom. The van der Waals surface area contributed by atoms with E-state index >= 15 is 0 Å². The van der Waals surface area contributed by atoms with Gasteiger partial charge in [-0.05, 0) is 29.8 Å². The van der Waals surface area contributed by atoms with Crippen LogP contribution in [0.4, 0.5) is 5.69 Å². The van der Waals surface area contributed by atoms with Gasteiger partial charge in [-0.15, -0.1) is 11.3 Å². The molecule has 0 saturated carbocycles. The van der Waals surface area contributed by atoms with E-state index in [1.165, 1.54) is 4.88 Å². The monoisotopic (exact) mass is 457 g/mol. The van der Waals surface area contributed by atoms with E-state index in [9.17, 15) is 13.2 Å². The predicted octanol–water partition coefficient (Wildman–Crippen LogP) is 2.33. The maximum absolute atomic E-state index is 12.3. The summed E-state index contributed by atoms with van der Waals surface area (Å²) in [6.45, 7) is 3.47. The average molecular weight is 458 g/mol. The standard InChI is InChI=1S/C19H24ClN3O4S2/c1-29(25,26)22-15-4-2-3-14(9-15)10-19(24)21-11-16-12-23(7-8-27-16)13-17-5-6-18(20)28-17/h2-6,9,16,22H,7-8,10-13H2,1H3,(H,21,24). The van der Waals surface area contributed by atoms with E-state index in [0.29, 0.717) is 18.8 Å². The van der Waals surface area contributed by atoms with E-state index in [4.69, 9.17) is 16.3 Å². The Morgan fingerprint density at radius 3 is 2.90 bits per heavy atom. The van der Waals surface area contributed by atoms with Gasteiger partial charge in [0, 0.05) is 36.7 Å². The highest BCUT2D eigenvalue weighted by molar-refractivity contribution is 7.92. The number of sulfonamides is 1. The summed E-state index contributed by atoms with van der Waals surface area (Å²) in [4.78, 5) is 15.8. The molecule has 1 saturated heterocycles. The Kier molecular flexibility index (Phi) is 7.53. The Balaban J connectivity index is 1.46. The van der Waals surface area contributed by atoms with E-state index < -0.39 is 10.0 Å². The zero-order chi connectivity index (χ0) is 20.9.